The zero-order valence-corrected chi connectivity index (χ0v) is 21.9. The number of amides is 3. The minimum Gasteiger partial charge on any atom is -0.497 e. The van der Waals surface area contributed by atoms with Gasteiger partial charge in [-0.15, -0.1) is 11.8 Å². The number of hydrogen-bond acceptors (Lipinski definition) is 7. The normalized spacial score (nSPS) is 13.1. The van der Waals surface area contributed by atoms with Crippen molar-refractivity contribution in [1.29, 1.82) is 0 Å². The number of carbonyl (C=O) groups excluding carboxylic acids is 3. The molecule has 0 radical (unpaired) electrons. The average Bonchev–Trinajstić information content (AvgIpc) is 3.37. The summed E-state index contributed by atoms with van der Waals surface area (Å²) in [6, 6.07) is 10.2. The van der Waals surface area contributed by atoms with Gasteiger partial charge in [0, 0.05) is 29.8 Å². The van der Waals surface area contributed by atoms with Gasteiger partial charge in [0.05, 0.1) is 38.5 Å². The van der Waals surface area contributed by atoms with E-state index in [1.807, 2.05) is 0 Å². The van der Waals surface area contributed by atoms with Crippen LogP contribution in [0.2, 0.25) is 5.02 Å². The molecule has 0 bridgehead atoms. The molecule has 1 aliphatic heterocycles. The van der Waals surface area contributed by atoms with Crippen molar-refractivity contribution in [1.82, 2.24) is 10.0 Å². The molecule has 1 N–H and O–H groups in total. The first-order chi connectivity index (χ1) is 17.4. The molecule has 0 aromatic heterocycles. The number of ether oxygens (including phenoxy) is 3. The van der Waals surface area contributed by atoms with Gasteiger partial charge in [0.1, 0.15) is 17.2 Å². The minimum atomic E-state index is -0.318. The molecule has 0 spiro atoms. The molecule has 36 heavy (non-hydrogen) atoms. The van der Waals surface area contributed by atoms with Gasteiger partial charge in [-0.05, 0) is 48.9 Å². The molecule has 1 saturated heterocycles. The fourth-order valence-corrected chi connectivity index (χ4v) is 4.44. The van der Waals surface area contributed by atoms with Crippen molar-refractivity contribution >= 4 is 52.8 Å². The maximum atomic E-state index is 12.8. The Morgan fingerprint density at radius 1 is 0.972 bits per heavy atom. The Hall–Kier alpha value is -3.37. The summed E-state index contributed by atoms with van der Waals surface area (Å²) in [7, 11) is 4.60. The maximum absolute atomic E-state index is 12.8. The van der Waals surface area contributed by atoms with E-state index < -0.39 is 0 Å². The van der Waals surface area contributed by atoms with E-state index in [1.165, 1.54) is 23.2 Å². The van der Waals surface area contributed by atoms with Crippen LogP contribution in [0.4, 0.5) is 5.69 Å². The van der Waals surface area contributed by atoms with Crippen molar-refractivity contribution in [3.05, 3.63) is 53.1 Å². The minimum absolute atomic E-state index is 0.0529. The summed E-state index contributed by atoms with van der Waals surface area (Å²) in [5.74, 6) is 0.969. The van der Waals surface area contributed by atoms with E-state index in [2.05, 4.69) is 5.32 Å². The average molecular weight is 534 g/mol. The van der Waals surface area contributed by atoms with Gasteiger partial charge in [0.25, 0.3) is 11.8 Å². The van der Waals surface area contributed by atoms with Gasteiger partial charge < -0.3 is 19.5 Å². The van der Waals surface area contributed by atoms with E-state index in [4.69, 9.17) is 25.8 Å². The predicted octanol–water partition coefficient (Wildman–Crippen LogP) is 3.73. The van der Waals surface area contributed by atoms with Crippen LogP contribution in [-0.2, 0) is 14.4 Å². The summed E-state index contributed by atoms with van der Waals surface area (Å²) in [6.07, 6.45) is 3.71. The van der Waals surface area contributed by atoms with Crippen LogP contribution in [0.1, 0.15) is 12.0 Å². The zero-order valence-electron chi connectivity index (χ0n) is 20.3. The molecule has 2 aromatic carbocycles. The fraction of sp³-hybridized carbons (Fsp3) is 0.320. The maximum Gasteiger partial charge on any atom is 0.265 e. The highest BCUT2D eigenvalue weighted by atomic mass is 35.5. The lowest BCUT2D eigenvalue weighted by molar-refractivity contribution is -0.152. The van der Waals surface area contributed by atoms with Gasteiger partial charge in [-0.3, -0.25) is 19.4 Å². The molecule has 1 heterocycles. The SMILES string of the molecule is COc1ccc(OC)c(/C=C/C(=O)N2CCCN2C(=O)CSCC(=O)Nc2cc(Cl)ccc2OC)c1. The van der Waals surface area contributed by atoms with Crippen LogP contribution in [0.3, 0.4) is 0 Å². The number of benzene rings is 2. The molecule has 1 aliphatic rings. The monoisotopic (exact) mass is 533 g/mol. The molecule has 11 heteroatoms. The van der Waals surface area contributed by atoms with Gasteiger partial charge in [-0.25, -0.2) is 5.01 Å². The number of halogens is 1. The first-order valence-corrected chi connectivity index (χ1v) is 12.6. The van der Waals surface area contributed by atoms with Gasteiger partial charge in [0.15, 0.2) is 0 Å². The van der Waals surface area contributed by atoms with Crippen molar-refractivity contribution in [2.75, 3.05) is 51.2 Å². The van der Waals surface area contributed by atoms with Crippen molar-refractivity contribution in [3.8, 4) is 17.2 Å². The van der Waals surface area contributed by atoms with E-state index >= 15 is 0 Å². The molecule has 1 fully saturated rings. The summed E-state index contributed by atoms with van der Waals surface area (Å²) in [6.45, 7) is 0.872. The number of thioether (sulfide) groups is 1. The van der Waals surface area contributed by atoms with Gasteiger partial charge >= 0.3 is 0 Å². The zero-order chi connectivity index (χ0) is 26.1. The van der Waals surface area contributed by atoms with Gasteiger partial charge in [-0.1, -0.05) is 11.6 Å². The van der Waals surface area contributed by atoms with E-state index in [1.54, 1.807) is 56.7 Å². The summed E-state index contributed by atoms with van der Waals surface area (Å²) in [4.78, 5) is 38.0. The Labute approximate surface area is 219 Å². The Morgan fingerprint density at radius 3 is 2.42 bits per heavy atom. The van der Waals surface area contributed by atoms with Crippen LogP contribution in [-0.4, -0.2) is 73.7 Å². The van der Waals surface area contributed by atoms with E-state index in [0.717, 1.165) is 11.8 Å². The van der Waals surface area contributed by atoms with Crippen LogP contribution >= 0.6 is 23.4 Å². The molecule has 0 aliphatic carbocycles. The van der Waals surface area contributed by atoms with Crippen LogP contribution in [0.5, 0.6) is 17.2 Å². The second kappa shape index (κ2) is 13.1. The van der Waals surface area contributed by atoms with Crippen molar-refractivity contribution in [2.45, 2.75) is 6.42 Å². The number of carbonyl (C=O) groups is 3. The molecule has 0 saturated carbocycles. The third-order valence-electron chi connectivity index (χ3n) is 5.31. The molecule has 192 valence electrons. The Bertz CT molecular complexity index is 1140. The molecular weight excluding hydrogens is 506 g/mol. The second-order valence-corrected chi connectivity index (χ2v) is 9.08. The van der Waals surface area contributed by atoms with Crippen LogP contribution < -0.4 is 19.5 Å². The molecule has 2 aromatic rings. The largest absolute Gasteiger partial charge is 0.497 e. The molecule has 0 atom stereocenters. The highest BCUT2D eigenvalue weighted by Gasteiger charge is 2.29. The summed E-state index contributed by atoms with van der Waals surface area (Å²) >= 11 is 7.15. The first kappa shape index (κ1) is 27.2. The highest BCUT2D eigenvalue weighted by Crippen LogP contribution is 2.28. The molecule has 0 unspecified atom stereocenters. The quantitative estimate of drug-likeness (QED) is 0.465. The molecule has 3 rings (SSSR count). The van der Waals surface area contributed by atoms with Crippen molar-refractivity contribution in [2.24, 2.45) is 0 Å². The van der Waals surface area contributed by atoms with E-state index in [9.17, 15) is 14.4 Å². The number of methoxy groups -OCH3 is 3. The Balaban J connectivity index is 1.54. The summed E-state index contributed by atoms with van der Waals surface area (Å²) in [5, 5.41) is 6.05. The highest BCUT2D eigenvalue weighted by molar-refractivity contribution is 8.00. The summed E-state index contributed by atoms with van der Waals surface area (Å²) in [5.41, 5.74) is 1.14. The number of anilines is 1. The molecule has 9 nitrogen and oxygen atoms in total. The fourth-order valence-electron chi connectivity index (χ4n) is 3.59. The van der Waals surface area contributed by atoms with E-state index in [0.29, 0.717) is 53.0 Å². The van der Waals surface area contributed by atoms with Crippen LogP contribution in [0.25, 0.3) is 6.08 Å². The molecule has 3 amide bonds. The second-order valence-electron chi connectivity index (χ2n) is 7.66. The van der Waals surface area contributed by atoms with Crippen molar-refractivity contribution < 1.29 is 28.6 Å². The molecular formula is C25H28ClN3O6S. The third kappa shape index (κ3) is 7.08. The third-order valence-corrected chi connectivity index (χ3v) is 6.46. The van der Waals surface area contributed by atoms with Gasteiger partial charge in [0.2, 0.25) is 5.91 Å². The number of hydrazine groups is 1. The number of rotatable bonds is 10. The first-order valence-electron chi connectivity index (χ1n) is 11.1. The number of nitrogens with zero attached hydrogens (tertiary/aromatic N) is 2. The number of hydrogen-bond donors (Lipinski definition) is 1. The van der Waals surface area contributed by atoms with Gasteiger partial charge in [-0.2, -0.15) is 0 Å². The predicted molar refractivity (Wildman–Crippen MR) is 141 cm³/mol. The van der Waals surface area contributed by atoms with Crippen LogP contribution in [0.15, 0.2) is 42.5 Å². The standard InChI is InChI=1S/C25H28ClN3O6S/c1-33-19-7-9-21(34-2)17(13-19)5-10-24(31)28-11-4-12-29(28)25(32)16-36-15-23(30)27-20-14-18(26)6-8-22(20)35-3/h5-10,13-14H,4,11-12,15-16H2,1-3H3,(H,27,30)/b10-5+. The smallest absolute Gasteiger partial charge is 0.265 e. The lowest BCUT2D eigenvalue weighted by atomic mass is 10.1. The Kier molecular flexibility index (Phi) is 9.89. The van der Waals surface area contributed by atoms with Crippen molar-refractivity contribution in [3.63, 3.8) is 0 Å². The number of nitrogens with one attached hydrogen (secondary N) is 1. The lowest BCUT2D eigenvalue weighted by Crippen LogP contribution is -2.45. The van der Waals surface area contributed by atoms with Crippen LogP contribution in [0, 0.1) is 0 Å². The van der Waals surface area contributed by atoms with E-state index in [-0.39, 0.29) is 29.2 Å². The topological polar surface area (TPSA) is 97.4 Å². The lowest BCUT2D eigenvalue weighted by Gasteiger charge is -2.26. The Morgan fingerprint density at radius 2 is 1.69 bits per heavy atom. The summed E-state index contributed by atoms with van der Waals surface area (Å²) < 4.78 is 15.8.